The van der Waals surface area contributed by atoms with Crippen LogP contribution in [-0.4, -0.2) is 24.2 Å². The summed E-state index contributed by atoms with van der Waals surface area (Å²) in [5.74, 6) is -0.486. The van der Waals surface area contributed by atoms with Gasteiger partial charge in [-0.25, -0.2) is 4.39 Å². The molecule has 17 heavy (non-hydrogen) atoms. The van der Waals surface area contributed by atoms with Crippen molar-refractivity contribution in [1.29, 1.82) is 0 Å². The van der Waals surface area contributed by atoms with Crippen molar-refractivity contribution in [2.24, 2.45) is 4.99 Å². The normalized spacial score (nSPS) is 24.2. The van der Waals surface area contributed by atoms with Crippen LogP contribution in [0, 0.1) is 5.82 Å². The number of carbonyl (C=O) groups is 1. The molecule has 90 valence electrons. The fraction of sp³-hybridized carbons (Fsp3) is 0.333. The predicted octanol–water partition coefficient (Wildman–Crippen LogP) is 1.51. The average molecular weight is 235 g/mol. The second-order valence-electron chi connectivity index (χ2n) is 4.44. The van der Waals surface area contributed by atoms with Gasteiger partial charge in [-0.1, -0.05) is 0 Å². The Morgan fingerprint density at radius 2 is 2.24 bits per heavy atom. The molecular formula is C12H14FN3O. The molecule has 1 aliphatic rings. The van der Waals surface area contributed by atoms with Gasteiger partial charge in [0.05, 0.1) is 18.3 Å². The Hall–Kier alpha value is -1.91. The third-order valence-electron chi connectivity index (χ3n) is 2.98. The van der Waals surface area contributed by atoms with E-state index in [-0.39, 0.29) is 12.3 Å². The number of rotatable bonds is 1. The highest BCUT2D eigenvalue weighted by molar-refractivity contribution is 5.90. The minimum atomic E-state index is -0.872. The van der Waals surface area contributed by atoms with Gasteiger partial charge in [0.15, 0.2) is 0 Å². The predicted molar refractivity (Wildman–Crippen MR) is 64.0 cm³/mol. The highest BCUT2D eigenvalue weighted by Crippen LogP contribution is 2.34. The Labute approximate surface area is 98.9 Å². The number of carbonyl (C=O) groups excluding carboxylic acids is 1. The summed E-state index contributed by atoms with van der Waals surface area (Å²) < 4.78 is 13.8. The summed E-state index contributed by atoms with van der Waals surface area (Å²) in [5, 5.41) is 0. The zero-order chi connectivity index (χ0) is 12.6. The highest BCUT2D eigenvalue weighted by atomic mass is 19.1. The summed E-state index contributed by atoms with van der Waals surface area (Å²) in [4.78, 5) is 17.3. The third-order valence-corrected chi connectivity index (χ3v) is 2.98. The van der Waals surface area contributed by atoms with Crippen molar-refractivity contribution in [2.75, 3.05) is 12.8 Å². The Morgan fingerprint density at radius 1 is 1.53 bits per heavy atom. The summed E-state index contributed by atoms with van der Waals surface area (Å²) in [5.41, 5.74) is 5.59. The molecule has 0 spiro atoms. The molecule has 0 saturated heterocycles. The number of nitrogens with two attached hydrogens (primary N) is 1. The lowest BCUT2D eigenvalue weighted by atomic mass is 9.87. The van der Waals surface area contributed by atoms with E-state index >= 15 is 0 Å². The van der Waals surface area contributed by atoms with Crippen molar-refractivity contribution >= 4 is 17.9 Å². The first-order valence-corrected chi connectivity index (χ1v) is 5.29. The van der Waals surface area contributed by atoms with Crippen LogP contribution in [0.5, 0.6) is 0 Å². The van der Waals surface area contributed by atoms with Crippen molar-refractivity contribution in [2.45, 2.75) is 18.9 Å². The minimum absolute atomic E-state index is 0.0932. The Balaban J connectivity index is 2.49. The molecule has 0 aliphatic carbocycles. The number of hydrogen-bond acceptors (Lipinski definition) is 3. The molecule has 2 N–H and O–H groups in total. The minimum Gasteiger partial charge on any atom is -0.399 e. The van der Waals surface area contributed by atoms with E-state index in [4.69, 9.17) is 5.73 Å². The van der Waals surface area contributed by atoms with Crippen LogP contribution in [0.25, 0.3) is 0 Å². The van der Waals surface area contributed by atoms with Gasteiger partial charge in [0.2, 0.25) is 5.91 Å². The van der Waals surface area contributed by atoms with E-state index in [1.807, 2.05) is 0 Å². The number of hydrogen-bond donors (Lipinski definition) is 1. The molecule has 1 aromatic carbocycles. The lowest BCUT2D eigenvalue weighted by molar-refractivity contribution is -0.128. The van der Waals surface area contributed by atoms with Gasteiger partial charge in [-0.15, -0.1) is 0 Å². The average Bonchev–Trinajstić information content (AvgIpc) is 2.27. The van der Waals surface area contributed by atoms with Gasteiger partial charge in [0, 0.05) is 18.3 Å². The molecule has 0 aromatic heterocycles. The van der Waals surface area contributed by atoms with E-state index in [9.17, 15) is 9.18 Å². The maximum Gasteiger partial charge on any atom is 0.230 e. The van der Waals surface area contributed by atoms with Crippen molar-refractivity contribution < 1.29 is 9.18 Å². The molecule has 0 radical (unpaired) electrons. The number of aliphatic imine (C=N–C) groups is 1. The van der Waals surface area contributed by atoms with Gasteiger partial charge in [-0.05, 0) is 25.1 Å². The molecule has 1 amide bonds. The second kappa shape index (κ2) is 3.84. The standard InChI is InChI=1S/C12H14FN3O/c1-12(6-11(17)16(2)7-15-12)9-5-8(14)3-4-10(9)13/h3-5,7H,6,14H2,1-2H3/t12-/m0/s1. The Morgan fingerprint density at radius 3 is 2.88 bits per heavy atom. The van der Waals surface area contributed by atoms with Crippen LogP contribution in [-0.2, 0) is 10.3 Å². The van der Waals surface area contributed by atoms with Gasteiger partial charge in [0.25, 0.3) is 0 Å². The number of halogens is 1. The molecule has 2 rings (SSSR count). The van der Waals surface area contributed by atoms with Crippen LogP contribution < -0.4 is 5.73 Å². The number of amides is 1. The zero-order valence-electron chi connectivity index (χ0n) is 9.77. The van der Waals surface area contributed by atoms with Crippen molar-refractivity contribution in [3.05, 3.63) is 29.6 Å². The van der Waals surface area contributed by atoms with Crippen LogP contribution in [0.4, 0.5) is 10.1 Å². The second-order valence-corrected chi connectivity index (χ2v) is 4.44. The molecule has 0 unspecified atom stereocenters. The first kappa shape index (κ1) is 11.6. The molecule has 1 aromatic rings. The van der Waals surface area contributed by atoms with Gasteiger partial charge < -0.3 is 10.6 Å². The number of benzene rings is 1. The zero-order valence-corrected chi connectivity index (χ0v) is 9.77. The van der Waals surface area contributed by atoms with Crippen LogP contribution in [0.15, 0.2) is 23.2 Å². The van der Waals surface area contributed by atoms with Crippen LogP contribution in [0.1, 0.15) is 18.9 Å². The number of anilines is 1. The Kier molecular flexibility index (Phi) is 2.61. The van der Waals surface area contributed by atoms with E-state index < -0.39 is 11.4 Å². The molecule has 1 heterocycles. The summed E-state index contributed by atoms with van der Waals surface area (Å²) in [7, 11) is 1.63. The van der Waals surface area contributed by atoms with Gasteiger partial charge in [0.1, 0.15) is 5.82 Å². The van der Waals surface area contributed by atoms with Gasteiger partial charge in [-0.3, -0.25) is 9.79 Å². The van der Waals surface area contributed by atoms with Crippen LogP contribution in [0.2, 0.25) is 0 Å². The quantitative estimate of drug-likeness (QED) is 0.750. The molecule has 4 nitrogen and oxygen atoms in total. The summed E-state index contributed by atoms with van der Waals surface area (Å²) in [6.45, 7) is 1.73. The van der Waals surface area contributed by atoms with E-state index in [0.29, 0.717) is 11.3 Å². The largest absolute Gasteiger partial charge is 0.399 e. The topological polar surface area (TPSA) is 58.7 Å². The van der Waals surface area contributed by atoms with Crippen LogP contribution in [0.3, 0.4) is 0 Å². The van der Waals surface area contributed by atoms with Gasteiger partial charge >= 0.3 is 0 Å². The number of nitrogen functional groups attached to an aromatic ring is 1. The first-order valence-electron chi connectivity index (χ1n) is 5.29. The maximum absolute atomic E-state index is 13.8. The summed E-state index contributed by atoms with van der Waals surface area (Å²) >= 11 is 0. The maximum atomic E-state index is 13.8. The SMILES string of the molecule is CN1C=N[C@](C)(c2cc(N)ccc2F)CC1=O. The van der Waals surface area contributed by atoms with E-state index in [2.05, 4.69) is 4.99 Å². The number of nitrogens with zero attached hydrogens (tertiary/aromatic N) is 2. The molecule has 0 saturated carbocycles. The van der Waals surface area contributed by atoms with Crippen molar-refractivity contribution in [3.63, 3.8) is 0 Å². The molecule has 1 aliphatic heterocycles. The molecule has 1 atom stereocenters. The molecule has 5 heteroatoms. The van der Waals surface area contributed by atoms with E-state index in [0.717, 1.165) is 0 Å². The summed E-state index contributed by atoms with van der Waals surface area (Å²) in [6, 6.07) is 4.32. The Bertz CT molecular complexity index is 501. The third kappa shape index (κ3) is 2.00. The fourth-order valence-electron chi connectivity index (χ4n) is 1.86. The van der Waals surface area contributed by atoms with Crippen molar-refractivity contribution in [3.8, 4) is 0 Å². The van der Waals surface area contributed by atoms with E-state index in [1.165, 1.54) is 29.4 Å². The van der Waals surface area contributed by atoms with Gasteiger partial charge in [-0.2, -0.15) is 0 Å². The lowest BCUT2D eigenvalue weighted by Gasteiger charge is -2.31. The highest BCUT2D eigenvalue weighted by Gasteiger charge is 2.35. The smallest absolute Gasteiger partial charge is 0.230 e. The fourth-order valence-corrected chi connectivity index (χ4v) is 1.86. The molecular weight excluding hydrogens is 221 g/mol. The molecule has 0 fully saturated rings. The van der Waals surface area contributed by atoms with Crippen LogP contribution >= 0.6 is 0 Å². The van der Waals surface area contributed by atoms with Crippen molar-refractivity contribution in [1.82, 2.24) is 4.90 Å². The summed E-state index contributed by atoms with van der Waals surface area (Å²) in [6.07, 6.45) is 1.56. The first-order chi connectivity index (χ1) is 7.92. The lowest BCUT2D eigenvalue weighted by Crippen LogP contribution is -2.38. The molecule has 0 bridgehead atoms. The van der Waals surface area contributed by atoms with E-state index in [1.54, 1.807) is 14.0 Å². The monoisotopic (exact) mass is 235 g/mol.